The van der Waals surface area contributed by atoms with Gasteiger partial charge in [0.2, 0.25) is 0 Å². The predicted molar refractivity (Wildman–Crippen MR) is 92.9 cm³/mol. The number of thioether (sulfide) groups is 1. The van der Waals surface area contributed by atoms with Gasteiger partial charge in [-0.15, -0.1) is 11.8 Å². The van der Waals surface area contributed by atoms with Gasteiger partial charge in [-0.25, -0.2) is 9.99 Å². The molecule has 1 amide bonds. The lowest BCUT2D eigenvalue weighted by Crippen LogP contribution is -2.34. The van der Waals surface area contributed by atoms with Crippen LogP contribution >= 0.6 is 35.0 Å². The largest absolute Gasteiger partial charge is 0.497 e. The number of pyridine rings is 1. The molecule has 0 unspecified atom stereocenters. The van der Waals surface area contributed by atoms with Gasteiger partial charge in [0.1, 0.15) is 11.1 Å². The van der Waals surface area contributed by atoms with Crippen LogP contribution in [0, 0.1) is 0 Å². The highest BCUT2D eigenvalue weighted by molar-refractivity contribution is 8.00. The predicted octanol–water partition coefficient (Wildman–Crippen LogP) is 4.00. The first kappa shape index (κ1) is 16.2. The summed E-state index contributed by atoms with van der Waals surface area (Å²) in [7, 11) is 1.62. The van der Waals surface area contributed by atoms with Crippen LogP contribution in [0.2, 0.25) is 10.0 Å². The van der Waals surface area contributed by atoms with E-state index in [0.29, 0.717) is 21.6 Å². The third-order valence-corrected chi connectivity index (χ3v) is 5.01. The number of aromatic nitrogens is 1. The number of nitrogens with zero attached hydrogens (tertiary/aromatic N) is 2. The molecule has 1 aromatic carbocycles. The number of rotatable bonds is 4. The lowest BCUT2D eigenvalue weighted by molar-refractivity contribution is -0.126. The molecule has 0 bridgehead atoms. The molecule has 1 N–H and O–H groups in total. The fourth-order valence-electron chi connectivity index (χ4n) is 2.17. The first-order valence-corrected chi connectivity index (χ1v) is 8.54. The van der Waals surface area contributed by atoms with Crippen molar-refractivity contribution in [1.29, 1.82) is 0 Å². The molecule has 2 heterocycles. The number of ether oxygens (including phenoxy) is 1. The Hall–Kier alpha value is -1.63. The molecule has 1 aliphatic heterocycles. The van der Waals surface area contributed by atoms with Gasteiger partial charge < -0.3 is 4.74 Å². The molecule has 0 aliphatic carbocycles. The summed E-state index contributed by atoms with van der Waals surface area (Å²) in [6.45, 7) is 0. The Morgan fingerprint density at radius 2 is 2.09 bits per heavy atom. The minimum absolute atomic E-state index is 0.0383. The van der Waals surface area contributed by atoms with Gasteiger partial charge in [0, 0.05) is 6.20 Å². The SMILES string of the molecule is COc1ccc([C@@H]2SCC(=O)N2Nc2ncc(Cl)cc2Cl)cc1. The van der Waals surface area contributed by atoms with Crippen LogP contribution in [-0.2, 0) is 4.79 Å². The van der Waals surface area contributed by atoms with Gasteiger partial charge in [-0.1, -0.05) is 35.3 Å². The van der Waals surface area contributed by atoms with Crippen LogP contribution in [0.3, 0.4) is 0 Å². The summed E-state index contributed by atoms with van der Waals surface area (Å²) in [4.78, 5) is 16.3. The monoisotopic (exact) mass is 369 g/mol. The molecule has 0 radical (unpaired) electrons. The number of hydrazine groups is 1. The van der Waals surface area contributed by atoms with Crippen LogP contribution in [0.25, 0.3) is 0 Å². The second-order valence-corrected chi connectivity index (χ2v) is 6.71. The zero-order valence-electron chi connectivity index (χ0n) is 12.1. The summed E-state index contributed by atoms with van der Waals surface area (Å²) >= 11 is 13.5. The summed E-state index contributed by atoms with van der Waals surface area (Å²) in [6.07, 6.45) is 1.48. The lowest BCUT2D eigenvalue weighted by Gasteiger charge is -2.25. The Kier molecular flexibility index (Phi) is 4.84. The van der Waals surface area contributed by atoms with Crippen LogP contribution in [0.1, 0.15) is 10.9 Å². The van der Waals surface area contributed by atoms with E-state index in [9.17, 15) is 4.79 Å². The second-order valence-electron chi connectivity index (χ2n) is 4.80. The Labute approximate surface area is 147 Å². The van der Waals surface area contributed by atoms with Gasteiger partial charge in [0.25, 0.3) is 5.91 Å². The maximum atomic E-state index is 12.2. The van der Waals surface area contributed by atoms with E-state index in [1.165, 1.54) is 23.0 Å². The highest BCUT2D eigenvalue weighted by atomic mass is 35.5. The number of methoxy groups -OCH3 is 1. The molecular weight excluding hydrogens is 357 g/mol. The van der Waals surface area contributed by atoms with Crippen molar-refractivity contribution < 1.29 is 9.53 Å². The average Bonchev–Trinajstić information content (AvgIpc) is 2.91. The van der Waals surface area contributed by atoms with Crippen LogP contribution in [0.15, 0.2) is 36.5 Å². The smallest absolute Gasteiger partial charge is 0.252 e. The maximum Gasteiger partial charge on any atom is 0.252 e. The van der Waals surface area contributed by atoms with Crippen LogP contribution in [0.4, 0.5) is 5.82 Å². The fourth-order valence-corrected chi connectivity index (χ4v) is 3.70. The van der Waals surface area contributed by atoms with Crippen molar-refractivity contribution in [2.24, 2.45) is 0 Å². The number of nitrogens with one attached hydrogen (secondary N) is 1. The van der Waals surface area contributed by atoms with Gasteiger partial charge in [0.15, 0.2) is 5.82 Å². The van der Waals surface area contributed by atoms with Crippen molar-refractivity contribution >= 4 is 46.7 Å². The Balaban J connectivity index is 1.84. The highest BCUT2D eigenvalue weighted by Gasteiger charge is 2.33. The Morgan fingerprint density at radius 1 is 1.35 bits per heavy atom. The van der Waals surface area contributed by atoms with Crippen molar-refractivity contribution in [3.63, 3.8) is 0 Å². The molecule has 1 aromatic heterocycles. The van der Waals surface area contributed by atoms with Gasteiger partial charge in [-0.3, -0.25) is 10.2 Å². The first-order chi connectivity index (χ1) is 11.1. The summed E-state index contributed by atoms with van der Waals surface area (Å²) in [5.41, 5.74) is 3.98. The molecule has 1 atom stereocenters. The zero-order valence-corrected chi connectivity index (χ0v) is 14.5. The number of hydrogen-bond acceptors (Lipinski definition) is 5. The van der Waals surface area contributed by atoms with Gasteiger partial charge in [-0.2, -0.15) is 0 Å². The first-order valence-electron chi connectivity index (χ1n) is 6.74. The van der Waals surface area contributed by atoms with E-state index in [1.807, 2.05) is 24.3 Å². The van der Waals surface area contributed by atoms with Crippen LogP contribution < -0.4 is 10.2 Å². The number of carbonyl (C=O) groups excluding carboxylic acids is 1. The van der Waals surface area contributed by atoms with E-state index < -0.39 is 0 Å². The third-order valence-electron chi connectivity index (χ3n) is 3.30. The fraction of sp³-hybridized carbons (Fsp3) is 0.200. The molecular formula is C15H13Cl2N3O2S. The number of hydrogen-bond donors (Lipinski definition) is 1. The maximum absolute atomic E-state index is 12.2. The van der Waals surface area contributed by atoms with E-state index >= 15 is 0 Å². The number of halogens is 2. The molecule has 120 valence electrons. The molecule has 5 nitrogen and oxygen atoms in total. The van der Waals surface area contributed by atoms with Crippen molar-refractivity contribution in [3.8, 4) is 5.75 Å². The molecule has 23 heavy (non-hydrogen) atoms. The average molecular weight is 370 g/mol. The molecule has 1 fully saturated rings. The third kappa shape index (κ3) is 3.49. The number of amides is 1. The molecule has 0 spiro atoms. The summed E-state index contributed by atoms with van der Waals surface area (Å²) in [5, 5.41) is 2.17. The van der Waals surface area contributed by atoms with Crippen molar-refractivity contribution in [1.82, 2.24) is 9.99 Å². The summed E-state index contributed by atoms with van der Waals surface area (Å²) in [6, 6.07) is 9.17. The molecule has 3 rings (SSSR count). The standard InChI is InChI=1S/C15H13Cl2N3O2S/c1-22-11-4-2-9(3-5-11)15-20(13(21)8-23-15)19-14-12(17)6-10(16)7-18-14/h2-7,15H,8H2,1H3,(H,18,19)/t15-/m0/s1. The molecule has 0 saturated carbocycles. The van der Waals surface area contributed by atoms with E-state index in [-0.39, 0.29) is 11.3 Å². The summed E-state index contributed by atoms with van der Waals surface area (Å²) in [5.74, 6) is 1.51. The minimum Gasteiger partial charge on any atom is -0.497 e. The number of anilines is 1. The van der Waals surface area contributed by atoms with Crippen molar-refractivity contribution in [2.75, 3.05) is 18.3 Å². The summed E-state index contributed by atoms with van der Waals surface area (Å²) < 4.78 is 5.16. The van der Waals surface area contributed by atoms with E-state index in [1.54, 1.807) is 13.2 Å². The lowest BCUT2D eigenvalue weighted by atomic mass is 10.2. The highest BCUT2D eigenvalue weighted by Crippen LogP contribution is 2.39. The van der Waals surface area contributed by atoms with Gasteiger partial charge in [0.05, 0.1) is 22.9 Å². The zero-order chi connectivity index (χ0) is 16.4. The van der Waals surface area contributed by atoms with E-state index in [2.05, 4.69) is 10.4 Å². The van der Waals surface area contributed by atoms with Crippen LogP contribution in [-0.4, -0.2) is 28.8 Å². The number of carbonyl (C=O) groups is 1. The van der Waals surface area contributed by atoms with Crippen molar-refractivity contribution in [2.45, 2.75) is 5.37 Å². The number of benzene rings is 1. The molecule has 1 saturated heterocycles. The Morgan fingerprint density at radius 3 is 2.74 bits per heavy atom. The van der Waals surface area contributed by atoms with Gasteiger partial charge in [-0.05, 0) is 23.8 Å². The molecule has 8 heteroatoms. The molecule has 1 aliphatic rings. The van der Waals surface area contributed by atoms with Crippen LogP contribution in [0.5, 0.6) is 5.75 Å². The van der Waals surface area contributed by atoms with Gasteiger partial charge >= 0.3 is 0 Å². The minimum atomic E-state index is -0.165. The Bertz CT molecular complexity index is 727. The quantitative estimate of drug-likeness (QED) is 0.882. The van der Waals surface area contributed by atoms with E-state index in [4.69, 9.17) is 27.9 Å². The van der Waals surface area contributed by atoms with E-state index in [0.717, 1.165) is 11.3 Å². The normalized spacial score (nSPS) is 17.4. The topological polar surface area (TPSA) is 54.5 Å². The molecule has 2 aromatic rings. The van der Waals surface area contributed by atoms with Crippen molar-refractivity contribution in [3.05, 3.63) is 52.1 Å². The second kappa shape index (κ2) is 6.86.